The van der Waals surface area contributed by atoms with Gasteiger partial charge in [-0.1, -0.05) is 42.1 Å². The van der Waals surface area contributed by atoms with Crippen LogP contribution in [0, 0.1) is 0 Å². The number of thioether (sulfide) groups is 2. The van der Waals surface area contributed by atoms with Crippen molar-refractivity contribution in [2.45, 2.75) is 6.10 Å². The predicted molar refractivity (Wildman–Crippen MR) is 63.8 cm³/mol. The molecule has 1 aliphatic heterocycles. The van der Waals surface area contributed by atoms with Crippen LogP contribution in [0.3, 0.4) is 0 Å². The predicted octanol–water partition coefficient (Wildman–Crippen LogP) is 3.51. The molecule has 1 atom stereocenters. The van der Waals surface area contributed by atoms with Crippen molar-refractivity contribution in [3.05, 3.63) is 57.0 Å². The van der Waals surface area contributed by atoms with Crippen molar-refractivity contribution in [2.24, 2.45) is 0 Å². The second-order valence-corrected chi connectivity index (χ2v) is 4.62. The molecule has 72 valence electrons. The van der Waals surface area contributed by atoms with Crippen LogP contribution >= 0.6 is 23.5 Å². The minimum Gasteiger partial charge on any atom is -0.383 e. The SMILES string of the molecule is OC(C1=CSC=CS1)c1ccccc1. The molecule has 1 aliphatic rings. The molecule has 1 aromatic carbocycles. The Morgan fingerprint density at radius 2 is 1.86 bits per heavy atom. The van der Waals surface area contributed by atoms with E-state index >= 15 is 0 Å². The Kier molecular flexibility index (Phi) is 3.35. The number of hydrogen-bond acceptors (Lipinski definition) is 3. The molecule has 0 radical (unpaired) electrons. The summed E-state index contributed by atoms with van der Waals surface area (Å²) < 4.78 is 0. The lowest BCUT2D eigenvalue weighted by Crippen LogP contribution is -1.98. The van der Waals surface area contributed by atoms with E-state index in [0.717, 1.165) is 10.5 Å². The van der Waals surface area contributed by atoms with Crippen LogP contribution in [0.1, 0.15) is 11.7 Å². The van der Waals surface area contributed by atoms with Crippen LogP contribution in [-0.2, 0) is 0 Å². The zero-order valence-electron chi connectivity index (χ0n) is 7.46. The van der Waals surface area contributed by atoms with Gasteiger partial charge in [0.15, 0.2) is 0 Å². The summed E-state index contributed by atoms with van der Waals surface area (Å²) in [5, 5.41) is 16.0. The van der Waals surface area contributed by atoms with Gasteiger partial charge in [-0.05, 0) is 21.8 Å². The molecule has 3 heteroatoms. The first kappa shape index (κ1) is 9.90. The first-order valence-corrected chi connectivity index (χ1v) is 6.10. The molecule has 1 unspecified atom stereocenters. The molecule has 1 heterocycles. The van der Waals surface area contributed by atoms with E-state index in [0.29, 0.717) is 0 Å². The van der Waals surface area contributed by atoms with Crippen molar-refractivity contribution >= 4 is 23.5 Å². The molecule has 0 amide bonds. The van der Waals surface area contributed by atoms with Gasteiger partial charge in [0.1, 0.15) is 6.10 Å². The quantitative estimate of drug-likeness (QED) is 0.827. The molecule has 0 bridgehead atoms. The Bertz CT molecular complexity index is 357. The van der Waals surface area contributed by atoms with Crippen LogP contribution in [0.2, 0.25) is 0 Å². The summed E-state index contributed by atoms with van der Waals surface area (Å²) in [6.45, 7) is 0. The van der Waals surface area contributed by atoms with E-state index in [1.807, 2.05) is 46.6 Å². The number of aliphatic hydroxyl groups is 1. The zero-order chi connectivity index (χ0) is 9.80. The molecule has 1 nitrogen and oxygen atoms in total. The van der Waals surface area contributed by atoms with Gasteiger partial charge in [0.25, 0.3) is 0 Å². The van der Waals surface area contributed by atoms with Gasteiger partial charge in [-0.15, -0.1) is 11.8 Å². The summed E-state index contributed by atoms with van der Waals surface area (Å²) >= 11 is 3.18. The highest BCUT2D eigenvalue weighted by Crippen LogP contribution is 2.36. The van der Waals surface area contributed by atoms with Crippen LogP contribution < -0.4 is 0 Å². The fraction of sp³-hybridized carbons (Fsp3) is 0.0909. The van der Waals surface area contributed by atoms with Crippen molar-refractivity contribution < 1.29 is 5.11 Å². The summed E-state index contributed by atoms with van der Waals surface area (Å²) in [5.74, 6) is 0. The third-order valence-electron chi connectivity index (χ3n) is 1.91. The highest BCUT2D eigenvalue weighted by Gasteiger charge is 2.13. The van der Waals surface area contributed by atoms with Gasteiger partial charge in [-0.25, -0.2) is 0 Å². The van der Waals surface area contributed by atoms with E-state index in [2.05, 4.69) is 0 Å². The third kappa shape index (κ3) is 2.23. The van der Waals surface area contributed by atoms with Crippen molar-refractivity contribution in [1.29, 1.82) is 0 Å². The largest absolute Gasteiger partial charge is 0.383 e. The molecule has 0 saturated heterocycles. The monoisotopic (exact) mass is 222 g/mol. The Hall–Kier alpha value is -0.640. The molecule has 14 heavy (non-hydrogen) atoms. The summed E-state index contributed by atoms with van der Waals surface area (Å²) in [7, 11) is 0. The summed E-state index contributed by atoms with van der Waals surface area (Å²) in [6, 6.07) is 9.71. The van der Waals surface area contributed by atoms with Crippen molar-refractivity contribution in [2.75, 3.05) is 0 Å². The Morgan fingerprint density at radius 3 is 2.50 bits per heavy atom. The van der Waals surface area contributed by atoms with E-state index in [1.165, 1.54) is 0 Å². The van der Waals surface area contributed by atoms with E-state index in [4.69, 9.17) is 0 Å². The Balaban J connectivity index is 2.16. The molecule has 0 aliphatic carbocycles. The van der Waals surface area contributed by atoms with Crippen molar-refractivity contribution in [3.8, 4) is 0 Å². The molecular formula is C11H10OS2. The summed E-state index contributed by atoms with van der Waals surface area (Å²) in [5.41, 5.74) is 0.946. The van der Waals surface area contributed by atoms with E-state index in [1.54, 1.807) is 23.5 Å². The average Bonchev–Trinajstić information content (AvgIpc) is 2.30. The van der Waals surface area contributed by atoms with Crippen molar-refractivity contribution in [1.82, 2.24) is 0 Å². The molecule has 0 fully saturated rings. The Morgan fingerprint density at radius 1 is 1.07 bits per heavy atom. The summed E-state index contributed by atoms with van der Waals surface area (Å²) in [6.07, 6.45) is -0.487. The minimum absolute atomic E-state index is 0.487. The van der Waals surface area contributed by atoms with Gasteiger partial charge in [0, 0.05) is 4.91 Å². The highest BCUT2D eigenvalue weighted by atomic mass is 32.2. The van der Waals surface area contributed by atoms with E-state index in [-0.39, 0.29) is 0 Å². The number of aliphatic hydroxyl groups excluding tert-OH is 1. The normalized spacial score (nSPS) is 17.6. The van der Waals surface area contributed by atoms with Crippen LogP contribution in [0.15, 0.2) is 51.5 Å². The first-order valence-electron chi connectivity index (χ1n) is 4.28. The van der Waals surface area contributed by atoms with Crippen LogP contribution in [0.4, 0.5) is 0 Å². The third-order valence-corrected chi connectivity index (χ3v) is 3.80. The van der Waals surface area contributed by atoms with Gasteiger partial charge >= 0.3 is 0 Å². The van der Waals surface area contributed by atoms with E-state index < -0.39 is 6.10 Å². The van der Waals surface area contributed by atoms with Crippen molar-refractivity contribution in [3.63, 3.8) is 0 Å². The number of rotatable bonds is 2. The molecule has 0 saturated carbocycles. The fourth-order valence-corrected chi connectivity index (χ4v) is 2.83. The number of benzene rings is 1. The minimum atomic E-state index is -0.487. The fourth-order valence-electron chi connectivity index (χ4n) is 1.20. The maximum Gasteiger partial charge on any atom is 0.111 e. The van der Waals surface area contributed by atoms with Crippen LogP contribution in [0.25, 0.3) is 0 Å². The highest BCUT2D eigenvalue weighted by molar-refractivity contribution is 8.11. The maximum atomic E-state index is 10.0. The first-order chi connectivity index (χ1) is 6.88. The molecule has 0 aromatic heterocycles. The lowest BCUT2D eigenvalue weighted by Gasteiger charge is -2.14. The maximum absolute atomic E-state index is 10.0. The van der Waals surface area contributed by atoms with Gasteiger partial charge in [-0.3, -0.25) is 0 Å². The van der Waals surface area contributed by atoms with Gasteiger partial charge in [0.2, 0.25) is 0 Å². The average molecular weight is 222 g/mol. The van der Waals surface area contributed by atoms with Gasteiger partial charge < -0.3 is 5.11 Å². The van der Waals surface area contributed by atoms with Gasteiger partial charge in [-0.2, -0.15) is 0 Å². The number of hydrogen-bond donors (Lipinski definition) is 1. The molecule has 1 N–H and O–H groups in total. The van der Waals surface area contributed by atoms with Crippen LogP contribution in [-0.4, -0.2) is 5.11 Å². The zero-order valence-corrected chi connectivity index (χ0v) is 9.09. The van der Waals surface area contributed by atoms with Crippen LogP contribution in [0.5, 0.6) is 0 Å². The molecule has 1 aromatic rings. The molecule has 0 spiro atoms. The van der Waals surface area contributed by atoms with Gasteiger partial charge in [0.05, 0.1) is 0 Å². The molecular weight excluding hydrogens is 212 g/mol. The lowest BCUT2D eigenvalue weighted by atomic mass is 10.1. The lowest BCUT2D eigenvalue weighted by molar-refractivity contribution is 0.225. The second-order valence-electron chi connectivity index (χ2n) is 2.86. The standard InChI is InChI=1S/C11H10OS2/c12-11(9-4-2-1-3-5-9)10-8-13-6-7-14-10/h1-8,11-12H. The topological polar surface area (TPSA) is 20.2 Å². The smallest absolute Gasteiger partial charge is 0.111 e. The summed E-state index contributed by atoms with van der Waals surface area (Å²) in [4.78, 5) is 0.990. The molecule has 2 rings (SSSR count). The second kappa shape index (κ2) is 4.73. The van der Waals surface area contributed by atoms with E-state index in [9.17, 15) is 5.11 Å². The Labute approximate surface area is 91.9 Å².